The molecule has 9 heteroatoms. The van der Waals surface area contributed by atoms with E-state index < -0.39 is 0 Å². The Balaban J connectivity index is 1.38. The first-order chi connectivity index (χ1) is 13.6. The van der Waals surface area contributed by atoms with Crippen molar-refractivity contribution in [3.8, 4) is 11.4 Å². The Labute approximate surface area is 163 Å². The average molecular weight is 376 g/mol. The molecule has 1 aliphatic heterocycles. The van der Waals surface area contributed by atoms with Gasteiger partial charge in [-0.3, -0.25) is 9.48 Å². The Bertz CT molecular complexity index is 954. The molecule has 7 nitrogen and oxygen atoms in total. The molecule has 1 saturated heterocycles. The number of carbonyl (C=O) groups is 1. The highest BCUT2D eigenvalue weighted by molar-refractivity contribution is 6.29. The molecule has 0 N–H and O–H groups in total. The normalized spacial score (nSPS) is 14.3. The van der Waals surface area contributed by atoms with Crippen LogP contribution in [0, 0.1) is 5.82 Å². The zero-order valence-corrected chi connectivity index (χ0v) is 15.2. The van der Waals surface area contributed by atoms with Crippen molar-refractivity contribution in [2.45, 2.75) is 6.54 Å². The first-order valence-corrected chi connectivity index (χ1v) is 9.00. The van der Waals surface area contributed by atoms with E-state index in [4.69, 9.17) is 7.85 Å². The molecular formula is C19H18BFN6O. The highest BCUT2D eigenvalue weighted by Crippen LogP contribution is 2.15. The number of amides is 1. The molecule has 0 spiro atoms. The summed E-state index contributed by atoms with van der Waals surface area (Å²) in [5.41, 5.74) is 0.795. The quantitative estimate of drug-likeness (QED) is 0.625. The van der Waals surface area contributed by atoms with Gasteiger partial charge in [-0.15, -0.1) is 0 Å². The zero-order valence-electron chi connectivity index (χ0n) is 15.2. The van der Waals surface area contributed by atoms with Gasteiger partial charge in [0.05, 0.1) is 5.72 Å². The fraction of sp³-hybridized carbons (Fsp3) is 0.263. The molecule has 4 rings (SSSR count). The third-order valence-electron chi connectivity index (χ3n) is 4.69. The van der Waals surface area contributed by atoms with Gasteiger partial charge in [0.25, 0.3) is 0 Å². The van der Waals surface area contributed by atoms with Crippen LogP contribution in [0.2, 0.25) is 0 Å². The largest absolute Gasteiger partial charge is 0.353 e. The van der Waals surface area contributed by atoms with E-state index in [2.05, 4.69) is 20.0 Å². The van der Waals surface area contributed by atoms with Gasteiger partial charge in [0, 0.05) is 37.9 Å². The summed E-state index contributed by atoms with van der Waals surface area (Å²) in [5, 5.41) is 4.30. The summed E-state index contributed by atoms with van der Waals surface area (Å²) in [6.07, 6.45) is 1.76. The van der Waals surface area contributed by atoms with Crippen molar-refractivity contribution in [1.29, 1.82) is 0 Å². The van der Waals surface area contributed by atoms with Crippen LogP contribution in [0.4, 0.5) is 10.2 Å². The molecule has 2 aromatic heterocycles. The van der Waals surface area contributed by atoms with Crippen LogP contribution in [0.5, 0.6) is 0 Å². The maximum absolute atomic E-state index is 13.1. The number of rotatable bonds is 4. The Morgan fingerprint density at radius 2 is 1.82 bits per heavy atom. The van der Waals surface area contributed by atoms with E-state index in [0.29, 0.717) is 24.5 Å². The second-order valence-electron chi connectivity index (χ2n) is 6.51. The number of anilines is 1. The molecule has 0 saturated carbocycles. The minimum absolute atomic E-state index is 0.0175. The van der Waals surface area contributed by atoms with Crippen molar-refractivity contribution in [1.82, 2.24) is 24.6 Å². The van der Waals surface area contributed by atoms with E-state index >= 15 is 0 Å². The molecule has 3 heterocycles. The lowest BCUT2D eigenvalue weighted by Gasteiger charge is -2.35. The van der Waals surface area contributed by atoms with Crippen molar-refractivity contribution in [2.75, 3.05) is 31.1 Å². The van der Waals surface area contributed by atoms with Gasteiger partial charge >= 0.3 is 0 Å². The van der Waals surface area contributed by atoms with Gasteiger partial charge in [0.1, 0.15) is 18.2 Å². The third kappa shape index (κ3) is 3.88. The monoisotopic (exact) mass is 376 g/mol. The van der Waals surface area contributed by atoms with Crippen LogP contribution in [0.25, 0.3) is 11.4 Å². The number of hydrogen-bond acceptors (Lipinski definition) is 5. The van der Waals surface area contributed by atoms with E-state index in [1.54, 1.807) is 23.2 Å². The van der Waals surface area contributed by atoms with Crippen LogP contribution < -0.4 is 10.6 Å². The molecule has 2 radical (unpaired) electrons. The zero-order chi connectivity index (χ0) is 19.5. The number of piperazine rings is 1. The Hall–Kier alpha value is -3.23. The minimum Gasteiger partial charge on any atom is -0.353 e. The third-order valence-corrected chi connectivity index (χ3v) is 4.69. The molecule has 1 aliphatic rings. The molecule has 1 fully saturated rings. The topological polar surface area (TPSA) is 67.2 Å². The predicted molar refractivity (Wildman–Crippen MR) is 104 cm³/mol. The molecule has 1 amide bonds. The highest BCUT2D eigenvalue weighted by Gasteiger charge is 2.23. The van der Waals surface area contributed by atoms with Crippen LogP contribution in [0.3, 0.4) is 0 Å². The highest BCUT2D eigenvalue weighted by atomic mass is 19.1. The van der Waals surface area contributed by atoms with Crippen molar-refractivity contribution in [3.63, 3.8) is 0 Å². The van der Waals surface area contributed by atoms with E-state index in [1.807, 2.05) is 18.2 Å². The van der Waals surface area contributed by atoms with Crippen LogP contribution in [-0.2, 0) is 11.3 Å². The number of aromatic nitrogens is 4. The molecule has 0 bridgehead atoms. The van der Waals surface area contributed by atoms with Crippen molar-refractivity contribution in [2.24, 2.45) is 0 Å². The molecule has 1 aromatic carbocycles. The summed E-state index contributed by atoms with van der Waals surface area (Å²) < 4.78 is 14.5. The lowest BCUT2D eigenvalue weighted by atomic mass is 10.1. The Morgan fingerprint density at radius 3 is 2.50 bits per heavy atom. The van der Waals surface area contributed by atoms with Gasteiger partial charge in [-0.05, 0) is 36.4 Å². The molecule has 0 aliphatic carbocycles. The van der Waals surface area contributed by atoms with Crippen LogP contribution in [0.15, 0.2) is 48.7 Å². The van der Waals surface area contributed by atoms with Crippen molar-refractivity contribution in [3.05, 3.63) is 54.5 Å². The van der Waals surface area contributed by atoms with Gasteiger partial charge in [-0.1, -0.05) is 6.07 Å². The molecule has 28 heavy (non-hydrogen) atoms. The minimum atomic E-state index is -0.337. The lowest BCUT2D eigenvalue weighted by Crippen LogP contribution is -2.50. The Morgan fingerprint density at radius 1 is 1.07 bits per heavy atom. The van der Waals surface area contributed by atoms with E-state index in [0.717, 1.165) is 18.9 Å². The number of nitrogens with zero attached hydrogens (tertiary/aromatic N) is 6. The van der Waals surface area contributed by atoms with Gasteiger partial charge in [-0.2, -0.15) is 5.10 Å². The van der Waals surface area contributed by atoms with Crippen molar-refractivity contribution < 1.29 is 9.18 Å². The first-order valence-electron chi connectivity index (χ1n) is 9.00. The van der Waals surface area contributed by atoms with Crippen LogP contribution >= 0.6 is 0 Å². The van der Waals surface area contributed by atoms with E-state index in [9.17, 15) is 9.18 Å². The summed E-state index contributed by atoms with van der Waals surface area (Å²) in [4.78, 5) is 25.1. The number of carbonyl (C=O) groups excluding carboxylic acids is 1. The van der Waals surface area contributed by atoms with Crippen LogP contribution in [-0.4, -0.2) is 64.6 Å². The van der Waals surface area contributed by atoms with E-state index in [-0.39, 0.29) is 24.0 Å². The summed E-state index contributed by atoms with van der Waals surface area (Å²) >= 11 is 0. The second kappa shape index (κ2) is 7.79. The average Bonchev–Trinajstić information content (AvgIpc) is 3.09. The SMILES string of the molecule is [B]c1nc(-c2ccc(F)cc2)nn1CC(=O)N1CCN(c2ccccn2)CC1. The maximum atomic E-state index is 13.1. The van der Waals surface area contributed by atoms with E-state index in [1.165, 1.54) is 16.8 Å². The number of pyridine rings is 1. The van der Waals surface area contributed by atoms with Gasteiger partial charge in [0.15, 0.2) is 13.7 Å². The Kier molecular flexibility index (Phi) is 5.05. The summed E-state index contributed by atoms with van der Waals surface area (Å²) in [6, 6.07) is 11.6. The fourth-order valence-corrected chi connectivity index (χ4v) is 3.15. The summed E-state index contributed by atoms with van der Waals surface area (Å²) in [6.45, 7) is 2.67. The van der Waals surface area contributed by atoms with Gasteiger partial charge < -0.3 is 9.80 Å². The number of halogens is 1. The predicted octanol–water partition coefficient (Wildman–Crippen LogP) is 0.622. The lowest BCUT2D eigenvalue weighted by molar-refractivity contribution is -0.132. The number of hydrogen-bond donors (Lipinski definition) is 0. The maximum Gasteiger partial charge on any atom is 0.244 e. The second-order valence-corrected chi connectivity index (χ2v) is 6.51. The summed E-state index contributed by atoms with van der Waals surface area (Å²) in [5.74, 6) is 0.878. The standard InChI is InChI=1S/C19H18BFN6O/c20-19-23-18(14-4-6-15(21)7-5-14)24-27(19)13-17(28)26-11-9-25(10-12-26)16-3-1-2-8-22-16/h1-8H,9-13H2. The van der Waals surface area contributed by atoms with Crippen LogP contribution in [0.1, 0.15) is 0 Å². The molecule has 140 valence electrons. The number of benzene rings is 1. The first kappa shape index (κ1) is 18.2. The van der Waals surface area contributed by atoms with Gasteiger partial charge in [-0.25, -0.2) is 14.4 Å². The smallest absolute Gasteiger partial charge is 0.244 e. The van der Waals surface area contributed by atoms with Gasteiger partial charge in [0.2, 0.25) is 5.91 Å². The molecule has 0 atom stereocenters. The molecular weight excluding hydrogens is 358 g/mol. The fourth-order valence-electron chi connectivity index (χ4n) is 3.15. The molecule has 0 unspecified atom stereocenters. The summed E-state index contributed by atoms with van der Waals surface area (Å²) in [7, 11) is 5.91. The van der Waals surface area contributed by atoms with Crippen molar-refractivity contribution >= 4 is 25.3 Å². The molecule has 3 aromatic rings.